The van der Waals surface area contributed by atoms with E-state index in [-0.39, 0.29) is 0 Å². The molecule has 3 aromatic rings. The first-order valence-corrected chi connectivity index (χ1v) is 9.84. The summed E-state index contributed by atoms with van der Waals surface area (Å²) in [5.74, 6) is 7.43. The number of benzene rings is 3. The van der Waals surface area contributed by atoms with Crippen LogP contribution >= 0.6 is 0 Å². The third-order valence-corrected chi connectivity index (χ3v) is 5.81. The van der Waals surface area contributed by atoms with Crippen LogP contribution in [0.5, 0.6) is 5.75 Å². The quantitative estimate of drug-likeness (QED) is 0.499. The fraction of sp³-hybridized carbons (Fsp3) is 0.0909. The number of rotatable bonds is 4. The van der Waals surface area contributed by atoms with E-state index >= 15 is 0 Å². The van der Waals surface area contributed by atoms with Crippen LogP contribution in [0.15, 0.2) is 78.9 Å². The summed E-state index contributed by atoms with van der Waals surface area (Å²) in [4.78, 5) is 0. The first kappa shape index (κ1) is 16.4. The van der Waals surface area contributed by atoms with Crippen molar-refractivity contribution >= 4 is 19.4 Å². The van der Waals surface area contributed by atoms with Crippen molar-refractivity contribution < 1.29 is 4.74 Å². The van der Waals surface area contributed by atoms with Gasteiger partial charge in [0.2, 0.25) is 0 Å². The van der Waals surface area contributed by atoms with Crippen LogP contribution < -0.4 is 9.20 Å². The molecule has 3 aromatic carbocycles. The summed E-state index contributed by atoms with van der Waals surface area (Å²) >= 11 is 0.430. The van der Waals surface area contributed by atoms with E-state index < -0.39 is 0 Å². The zero-order chi connectivity index (χ0) is 16.6. The summed E-state index contributed by atoms with van der Waals surface area (Å²) in [6.45, 7) is 0. The van der Waals surface area contributed by atoms with E-state index in [2.05, 4.69) is 66.4 Å². The van der Waals surface area contributed by atoms with Gasteiger partial charge in [-0.25, -0.2) is 0 Å². The molecular formula is C22H18OSe. The molecule has 1 nitrogen and oxygen atoms in total. The second-order valence-electron chi connectivity index (χ2n) is 5.24. The molecular weight excluding hydrogens is 359 g/mol. The van der Waals surface area contributed by atoms with Gasteiger partial charge in [0.1, 0.15) is 0 Å². The minimum absolute atomic E-state index is 0.430. The average molecular weight is 377 g/mol. The van der Waals surface area contributed by atoms with Gasteiger partial charge in [0.25, 0.3) is 0 Å². The molecule has 24 heavy (non-hydrogen) atoms. The Kier molecular flexibility index (Phi) is 5.75. The van der Waals surface area contributed by atoms with Crippen molar-refractivity contribution in [1.82, 2.24) is 0 Å². The summed E-state index contributed by atoms with van der Waals surface area (Å²) in [6, 6.07) is 27.0. The Labute approximate surface area is 149 Å². The Hall–Kier alpha value is -2.46. The zero-order valence-electron chi connectivity index (χ0n) is 13.5. The molecule has 0 fully saturated rings. The van der Waals surface area contributed by atoms with Crippen molar-refractivity contribution in [3.05, 3.63) is 95.6 Å². The molecule has 0 N–H and O–H groups in total. The molecule has 0 atom stereocenters. The molecule has 0 saturated carbocycles. The van der Waals surface area contributed by atoms with E-state index in [9.17, 15) is 0 Å². The molecule has 0 aliphatic rings. The molecule has 0 aliphatic carbocycles. The predicted molar refractivity (Wildman–Crippen MR) is 101 cm³/mol. The van der Waals surface area contributed by atoms with Crippen molar-refractivity contribution in [2.24, 2.45) is 0 Å². The molecule has 2 heteroatoms. The summed E-state index contributed by atoms with van der Waals surface area (Å²) in [5.41, 5.74) is 3.44. The van der Waals surface area contributed by atoms with Gasteiger partial charge in [0.05, 0.1) is 0 Å². The normalized spacial score (nSPS) is 9.88. The Bertz CT molecular complexity index is 842. The summed E-state index contributed by atoms with van der Waals surface area (Å²) in [5, 5.41) is 1.06. The van der Waals surface area contributed by atoms with Crippen molar-refractivity contribution in [2.45, 2.75) is 5.32 Å². The molecule has 0 spiro atoms. The maximum atomic E-state index is 5.18. The zero-order valence-corrected chi connectivity index (χ0v) is 15.2. The van der Waals surface area contributed by atoms with Gasteiger partial charge < -0.3 is 0 Å². The van der Waals surface area contributed by atoms with Gasteiger partial charge in [0, 0.05) is 0 Å². The van der Waals surface area contributed by atoms with Crippen LogP contribution in [0.3, 0.4) is 0 Å². The molecule has 0 amide bonds. The Morgan fingerprint density at radius 1 is 0.792 bits per heavy atom. The number of hydrogen-bond acceptors (Lipinski definition) is 1. The summed E-state index contributed by atoms with van der Waals surface area (Å²) < 4.78 is 6.60. The van der Waals surface area contributed by atoms with E-state index in [1.807, 2.05) is 24.3 Å². The molecule has 118 valence electrons. The average Bonchev–Trinajstić information content (AvgIpc) is 2.66. The SMILES string of the molecule is COc1ccc(C#Cc2ccccc2C[Se]c2ccccc2)cc1. The Morgan fingerprint density at radius 3 is 2.25 bits per heavy atom. The summed E-state index contributed by atoms with van der Waals surface area (Å²) in [6.07, 6.45) is 0. The summed E-state index contributed by atoms with van der Waals surface area (Å²) in [7, 11) is 1.67. The van der Waals surface area contributed by atoms with Gasteiger partial charge in [-0.15, -0.1) is 0 Å². The fourth-order valence-corrected chi connectivity index (χ4v) is 4.20. The van der Waals surface area contributed by atoms with Crippen LogP contribution in [-0.4, -0.2) is 22.1 Å². The van der Waals surface area contributed by atoms with Crippen molar-refractivity contribution in [3.8, 4) is 17.6 Å². The molecule has 0 aliphatic heterocycles. The van der Waals surface area contributed by atoms with E-state index in [0.717, 1.165) is 22.2 Å². The van der Waals surface area contributed by atoms with Crippen LogP contribution in [0.2, 0.25) is 0 Å². The van der Waals surface area contributed by atoms with Gasteiger partial charge in [-0.05, 0) is 0 Å². The van der Waals surface area contributed by atoms with Crippen LogP contribution in [-0.2, 0) is 5.32 Å². The minimum atomic E-state index is 0.430. The molecule has 0 heterocycles. The molecule has 0 bridgehead atoms. The topological polar surface area (TPSA) is 9.23 Å². The van der Waals surface area contributed by atoms with Crippen molar-refractivity contribution in [2.75, 3.05) is 7.11 Å². The van der Waals surface area contributed by atoms with Crippen LogP contribution in [0, 0.1) is 11.8 Å². The van der Waals surface area contributed by atoms with E-state index in [4.69, 9.17) is 4.74 Å². The number of ether oxygens (including phenoxy) is 1. The molecule has 0 radical (unpaired) electrons. The van der Waals surface area contributed by atoms with E-state index in [1.165, 1.54) is 10.0 Å². The number of methoxy groups -OCH3 is 1. The van der Waals surface area contributed by atoms with Crippen LogP contribution in [0.25, 0.3) is 0 Å². The molecule has 0 aromatic heterocycles. The van der Waals surface area contributed by atoms with Crippen LogP contribution in [0.4, 0.5) is 0 Å². The van der Waals surface area contributed by atoms with Gasteiger partial charge in [-0.1, -0.05) is 0 Å². The molecule has 3 rings (SSSR count). The van der Waals surface area contributed by atoms with Gasteiger partial charge in [0.15, 0.2) is 0 Å². The third-order valence-electron chi connectivity index (χ3n) is 3.59. The Morgan fingerprint density at radius 2 is 1.50 bits per heavy atom. The Balaban J connectivity index is 1.75. The van der Waals surface area contributed by atoms with Crippen molar-refractivity contribution in [1.29, 1.82) is 0 Å². The van der Waals surface area contributed by atoms with Crippen molar-refractivity contribution in [3.63, 3.8) is 0 Å². The second kappa shape index (κ2) is 8.41. The number of hydrogen-bond donors (Lipinski definition) is 0. The molecule has 0 unspecified atom stereocenters. The second-order valence-corrected chi connectivity index (χ2v) is 7.44. The predicted octanol–water partition coefficient (Wildman–Crippen LogP) is 3.62. The van der Waals surface area contributed by atoms with E-state index in [1.54, 1.807) is 7.11 Å². The fourth-order valence-electron chi connectivity index (χ4n) is 2.26. The van der Waals surface area contributed by atoms with E-state index in [0.29, 0.717) is 15.0 Å². The van der Waals surface area contributed by atoms with Gasteiger partial charge in [-0.2, -0.15) is 0 Å². The molecule has 0 saturated heterocycles. The third kappa shape index (κ3) is 4.52. The standard InChI is InChI=1S/C22H18OSe/c1-23-21-15-12-18(13-16-21)11-14-19-7-5-6-8-20(19)17-24-22-9-3-2-4-10-22/h2-10,12-13,15-16H,17H2,1H3. The maximum absolute atomic E-state index is 5.18. The van der Waals surface area contributed by atoms with Gasteiger partial charge >= 0.3 is 150 Å². The first-order chi connectivity index (χ1) is 11.8. The van der Waals surface area contributed by atoms with Crippen LogP contribution in [0.1, 0.15) is 16.7 Å². The first-order valence-electron chi connectivity index (χ1n) is 7.77. The van der Waals surface area contributed by atoms with Gasteiger partial charge in [-0.3, -0.25) is 0 Å². The monoisotopic (exact) mass is 378 g/mol.